The molecular formula is C13H23N5O. The lowest BCUT2D eigenvalue weighted by Crippen LogP contribution is -2.49. The number of carbonyl (C=O) groups excluding carboxylic acids is 1. The predicted octanol–water partition coefficient (Wildman–Crippen LogP) is 0.630. The van der Waals surface area contributed by atoms with Gasteiger partial charge in [-0.25, -0.2) is 4.68 Å². The number of hydrogen-bond donors (Lipinski definition) is 1. The van der Waals surface area contributed by atoms with Gasteiger partial charge in [-0.15, -0.1) is 5.10 Å². The van der Waals surface area contributed by atoms with E-state index in [4.69, 9.17) is 5.73 Å². The molecule has 0 saturated carbocycles. The van der Waals surface area contributed by atoms with Gasteiger partial charge in [-0.1, -0.05) is 19.1 Å². The first-order valence-corrected chi connectivity index (χ1v) is 6.89. The molecule has 0 aromatic carbocycles. The number of hydrogen-bond acceptors (Lipinski definition) is 4. The summed E-state index contributed by atoms with van der Waals surface area (Å²) in [4.78, 5) is 14.3. The Bertz CT molecular complexity index is 444. The summed E-state index contributed by atoms with van der Waals surface area (Å²) in [5, 5.41) is 7.82. The minimum absolute atomic E-state index is 0.111. The molecule has 1 fully saturated rings. The first-order chi connectivity index (χ1) is 9.01. The molecule has 1 aromatic heterocycles. The molecule has 6 heteroatoms. The maximum Gasteiger partial charge on any atom is 0.244 e. The third kappa shape index (κ3) is 3.12. The monoisotopic (exact) mass is 265 g/mol. The molecule has 1 aliphatic heterocycles. The number of nitrogens with two attached hydrogens (primary N) is 1. The van der Waals surface area contributed by atoms with Crippen LogP contribution in [0.2, 0.25) is 0 Å². The van der Waals surface area contributed by atoms with Gasteiger partial charge in [-0.05, 0) is 25.2 Å². The maximum absolute atomic E-state index is 12.4. The second-order valence-electron chi connectivity index (χ2n) is 5.72. The molecule has 6 nitrogen and oxygen atoms in total. The molecule has 0 bridgehead atoms. The van der Waals surface area contributed by atoms with Crippen LogP contribution in [0.1, 0.15) is 32.9 Å². The number of nitrogens with zero attached hydrogens (tertiary/aromatic N) is 4. The summed E-state index contributed by atoms with van der Waals surface area (Å²) in [6.45, 7) is 7.97. The first kappa shape index (κ1) is 14.0. The number of rotatable bonds is 3. The van der Waals surface area contributed by atoms with Crippen molar-refractivity contribution in [3.05, 3.63) is 11.9 Å². The summed E-state index contributed by atoms with van der Waals surface area (Å²) in [7, 11) is 0. The molecule has 3 unspecified atom stereocenters. The average molecular weight is 265 g/mol. The van der Waals surface area contributed by atoms with Crippen molar-refractivity contribution in [2.45, 2.75) is 46.3 Å². The molecule has 2 heterocycles. The highest BCUT2D eigenvalue weighted by atomic mass is 16.2. The second-order valence-corrected chi connectivity index (χ2v) is 5.72. The predicted molar refractivity (Wildman–Crippen MR) is 72.0 cm³/mol. The molecule has 1 aliphatic rings. The van der Waals surface area contributed by atoms with Crippen molar-refractivity contribution in [1.29, 1.82) is 0 Å². The van der Waals surface area contributed by atoms with Crippen molar-refractivity contribution in [1.82, 2.24) is 19.9 Å². The van der Waals surface area contributed by atoms with Crippen molar-refractivity contribution in [2.24, 2.45) is 17.6 Å². The highest BCUT2D eigenvalue weighted by Gasteiger charge is 2.31. The Balaban J connectivity index is 2.02. The summed E-state index contributed by atoms with van der Waals surface area (Å²) in [6.07, 6.45) is 2.92. The van der Waals surface area contributed by atoms with Crippen LogP contribution in [0, 0.1) is 11.8 Å². The molecule has 2 N–H and O–H groups in total. The maximum atomic E-state index is 12.4. The van der Waals surface area contributed by atoms with Gasteiger partial charge in [0.15, 0.2) is 0 Å². The minimum Gasteiger partial charge on any atom is -0.338 e. The molecule has 1 amide bonds. The number of aromatic nitrogens is 3. The van der Waals surface area contributed by atoms with E-state index in [1.165, 1.54) is 6.42 Å². The molecule has 0 spiro atoms. The summed E-state index contributed by atoms with van der Waals surface area (Å²) in [5.74, 6) is 1.22. The molecule has 2 rings (SSSR count). The number of carbonyl (C=O) groups is 1. The Morgan fingerprint density at radius 1 is 1.47 bits per heavy atom. The Morgan fingerprint density at radius 2 is 2.21 bits per heavy atom. The third-order valence-corrected chi connectivity index (χ3v) is 4.01. The van der Waals surface area contributed by atoms with Crippen LogP contribution in [-0.2, 0) is 17.9 Å². The summed E-state index contributed by atoms with van der Waals surface area (Å²) < 4.78 is 1.57. The standard InChI is InChI=1S/C13H23N5O/c1-9-4-10(2)11(3)18(6-9)13(19)8-17-7-12(5-14)15-16-17/h7,9-11H,4-6,8,14H2,1-3H3. The van der Waals surface area contributed by atoms with Gasteiger partial charge in [0.1, 0.15) is 6.54 Å². The van der Waals surface area contributed by atoms with Crippen LogP contribution in [0.25, 0.3) is 0 Å². The number of likely N-dealkylation sites (tertiary alicyclic amines) is 1. The zero-order valence-electron chi connectivity index (χ0n) is 11.9. The molecule has 3 atom stereocenters. The summed E-state index contributed by atoms with van der Waals surface area (Å²) in [6, 6.07) is 0.293. The molecular weight excluding hydrogens is 242 g/mol. The van der Waals surface area contributed by atoms with Gasteiger partial charge in [-0.3, -0.25) is 4.79 Å². The fourth-order valence-electron chi connectivity index (χ4n) is 2.78. The van der Waals surface area contributed by atoms with Gasteiger partial charge in [-0.2, -0.15) is 0 Å². The van der Waals surface area contributed by atoms with Crippen LogP contribution in [0.5, 0.6) is 0 Å². The van der Waals surface area contributed by atoms with Gasteiger partial charge >= 0.3 is 0 Å². The quantitative estimate of drug-likeness (QED) is 0.869. The van der Waals surface area contributed by atoms with Gasteiger partial charge in [0.25, 0.3) is 0 Å². The second kappa shape index (κ2) is 5.69. The number of amides is 1. The van der Waals surface area contributed by atoms with Gasteiger partial charge < -0.3 is 10.6 Å². The van der Waals surface area contributed by atoms with E-state index in [1.807, 2.05) is 4.90 Å². The van der Waals surface area contributed by atoms with Gasteiger partial charge in [0.2, 0.25) is 5.91 Å². The Kier molecular flexibility index (Phi) is 4.19. The zero-order chi connectivity index (χ0) is 14.0. The lowest BCUT2D eigenvalue weighted by Gasteiger charge is -2.41. The Labute approximate surface area is 113 Å². The van der Waals surface area contributed by atoms with E-state index >= 15 is 0 Å². The van der Waals surface area contributed by atoms with Crippen molar-refractivity contribution >= 4 is 5.91 Å². The summed E-state index contributed by atoms with van der Waals surface area (Å²) >= 11 is 0. The van der Waals surface area contributed by atoms with Crippen LogP contribution in [0.4, 0.5) is 0 Å². The molecule has 19 heavy (non-hydrogen) atoms. The van der Waals surface area contributed by atoms with Crippen LogP contribution in [0.15, 0.2) is 6.20 Å². The molecule has 1 saturated heterocycles. The van der Waals surface area contributed by atoms with E-state index < -0.39 is 0 Å². The SMILES string of the molecule is CC1CC(C)C(C)N(C(=O)Cn2cc(CN)nn2)C1. The zero-order valence-corrected chi connectivity index (χ0v) is 11.9. The minimum atomic E-state index is 0.111. The lowest BCUT2D eigenvalue weighted by atomic mass is 9.86. The van der Waals surface area contributed by atoms with E-state index in [1.54, 1.807) is 10.9 Å². The lowest BCUT2D eigenvalue weighted by molar-refractivity contribution is -0.137. The first-order valence-electron chi connectivity index (χ1n) is 6.89. The fourth-order valence-corrected chi connectivity index (χ4v) is 2.78. The van der Waals surface area contributed by atoms with Crippen molar-refractivity contribution in [2.75, 3.05) is 6.54 Å². The number of piperidine rings is 1. The van der Waals surface area contributed by atoms with Gasteiger partial charge in [0, 0.05) is 19.1 Å². The largest absolute Gasteiger partial charge is 0.338 e. The Morgan fingerprint density at radius 3 is 2.84 bits per heavy atom. The van der Waals surface area contributed by atoms with E-state index in [2.05, 4.69) is 31.1 Å². The van der Waals surface area contributed by atoms with E-state index in [9.17, 15) is 4.79 Å². The fraction of sp³-hybridized carbons (Fsp3) is 0.769. The van der Waals surface area contributed by atoms with Gasteiger partial charge in [0.05, 0.1) is 11.9 Å². The Hall–Kier alpha value is -1.43. The molecule has 0 radical (unpaired) electrons. The van der Waals surface area contributed by atoms with E-state index in [-0.39, 0.29) is 12.5 Å². The normalized spacial score (nSPS) is 27.6. The molecule has 0 aliphatic carbocycles. The van der Waals surface area contributed by atoms with Crippen LogP contribution < -0.4 is 5.73 Å². The highest BCUT2D eigenvalue weighted by molar-refractivity contribution is 5.76. The smallest absolute Gasteiger partial charge is 0.244 e. The van der Waals surface area contributed by atoms with Crippen LogP contribution in [-0.4, -0.2) is 38.4 Å². The third-order valence-electron chi connectivity index (χ3n) is 4.01. The van der Waals surface area contributed by atoms with Crippen molar-refractivity contribution in [3.8, 4) is 0 Å². The van der Waals surface area contributed by atoms with E-state index in [0.29, 0.717) is 30.1 Å². The van der Waals surface area contributed by atoms with E-state index in [0.717, 1.165) is 6.54 Å². The van der Waals surface area contributed by atoms with Crippen LogP contribution in [0.3, 0.4) is 0 Å². The van der Waals surface area contributed by atoms with Crippen molar-refractivity contribution in [3.63, 3.8) is 0 Å². The average Bonchev–Trinajstić information content (AvgIpc) is 2.81. The topological polar surface area (TPSA) is 77.0 Å². The summed E-state index contributed by atoms with van der Waals surface area (Å²) in [5.41, 5.74) is 6.19. The molecule has 106 valence electrons. The van der Waals surface area contributed by atoms with Crippen LogP contribution >= 0.6 is 0 Å². The van der Waals surface area contributed by atoms with Crippen molar-refractivity contribution < 1.29 is 4.79 Å². The highest BCUT2D eigenvalue weighted by Crippen LogP contribution is 2.26. The molecule has 1 aromatic rings.